The first-order valence-electron chi connectivity index (χ1n) is 8.67. The van der Waals surface area contributed by atoms with E-state index in [0.29, 0.717) is 28.8 Å². The van der Waals surface area contributed by atoms with E-state index in [1.807, 2.05) is 0 Å². The minimum Gasteiger partial charge on any atom is -0.478 e. The molecule has 3 aromatic rings. The average molecular weight is 430 g/mol. The minimum absolute atomic E-state index is 0.220. The maximum absolute atomic E-state index is 12.7. The first-order chi connectivity index (χ1) is 13.9. The van der Waals surface area contributed by atoms with Gasteiger partial charge in [-0.2, -0.15) is 0 Å². The Morgan fingerprint density at radius 3 is 2.48 bits per heavy atom. The highest BCUT2D eigenvalue weighted by Gasteiger charge is 2.21. The van der Waals surface area contributed by atoms with Crippen LogP contribution in [0.25, 0.3) is 0 Å². The highest BCUT2D eigenvalue weighted by atomic mass is 32.2. The lowest BCUT2D eigenvalue weighted by atomic mass is 10.1. The van der Waals surface area contributed by atoms with Gasteiger partial charge in [-0.25, -0.2) is 13.2 Å². The zero-order valence-electron chi connectivity index (χ0n) is 15.4. The zero-order valence-corrected chi connectivity index (χ0v) is 17.1. The number of aromatic carboxylic acids is 1. The molecule has 7 nitrogen and oxygen atoms in total. The predicted molar refractivity (Wildman–Crippen MR) is 111 cm³/mol. The van der Waals surface area contributed by atoms with Crippen molar-refractivity contribution in [2.24, 2.45) is 0 Å². The Hall–Kier alpha value is -2.91. The fourth-order valence-electron chi connectivity index (χ4n) is 2.72. The number of hydrogen-bond donors (Lipinski definition) is 1. The van der Waals surface area contributed by atoms with Crippen LogP contribution in [0, 0.1) is 0 Å². The molecule has 0 aliphatic carbocycles. The number of sulfone groups is 1. The van der Waals surface area contributed by atoms with E-state index < -0.39 is 15.8 Å². The van der Waals surface area contributed by atoms with Gasteiger partial charge in [0.2, 0.25) is 0 Å². The summed E-state index contributed by atoms with van der Waals surface area (Å²) < 4.78 is 27.1. The molecule has 1 N–H and O–H groups in total. The molecule has 9 heteroatoms. The molecule has 2 aromatic carbocycles. The van der Waals surface area contributed by atoms with Crippen molar-refractivity contribution in [3.8, 4) is 0 Å². The molecule has 0 radical (unpaired) electrons. The number of hydrogen-bond acceptors (Lipinski definition) is 6. The van der Waals surface area contributed by atoms with Gasteiger partial charge in [-0.05, 0) is 23.8 Å². The van der Waals surface area contributed by atoms with Crippen LogP contribution in [0.3, 0.4) is 0 Å². The van der Waals surface area contributed by atoms with E-state index in [9.17, 15) is 18.3 Å². The lowest BCUT2D eigenvalue weighted by Gasteiger charge is -2.09. The van der Waals surface area contributed by atoms with E-state index >= 15 is 0 Å². The first kappa shape index (κ1) is 20.8. The molecule has 0 saturated heterocycles. The summed E-state index contributed by atoms with van der Waals surface area (Å²) in [6.45, 7) is 4.06. The Kier molecular flexibility index (Phi) is 6.50. The third-order valence-corrected chi connectivity index (χ3v) is 6.78. The summed E-state index contributed by atoms with van der Waals surface area (Å²) in [5.41, 5.74) is 0.873. The number of benzene rings is 2. The summed E-state index contributed by atoms with van der Waals surface area (Å²) in [6, 6.07) is 14.9. The molecule has 0 unspecified atom stereocenters. The highest BCUT2D eigenvalue weighted by Crippen LogP contribution is 2.25. The van der Waals surface area contributed by atoms with E-state index in [0.717, 1.165) is 0 Å². The summed E-state index contributed by atoms with van der Waals surface area (Å²) in [5.74, 6) is -0.612. The van der Waals surface area contributed by atoms with Gasteiger partial charge in [0, 0.05) is 12.3 Å². The number of carboxylic acids is 1. The minimum atomic E-state index is -3.57. The molecule has 0 aliphatic rings. The number of nitrogens with zero attached hydrogens (tertiary/aromatic N) is 3. The van der Waals surface area contributed by atoms with E-state index in [1.165, 1.54) is 11.8 Å². The van der Waals surface area contributed by atoms with Crippen LogP contribution in [0.15, 0.2) is 77.3 Å². The molecule has 3 rings (SSSR count). The van der Waals surface area contributed by atoms with Crippen molar-refractivity contribution >= 4 is 27.6 Å². The molecule has 0 saturated carbocycles. The topological polar surface area (TPSA) is 102 Å². The number of carbonyl (C=O) groups is 1. The predicted octanol–water partition coefficient (Wildman–Crippen LogP) is 3.43. The third kappa shape index (κ3) is 4.93. The highest BCUT2D eigenvalue weighted by molar-refractivity contribution is 7.98. The summed E-state index contributed by atoms with van der Waals surface area (Å²) in [7, 11) is -3.57. The summed E-state index contributed by atoms with van der Waals surface area (Å²) in [5, 5.41) is 18.0. The monoisotopic (exact) mass is 429 g/mol. The summed E-state index contributed by atoms with van der Waals surface area (Å²) in [6.07, 6.45) is 1.64. The maximum Gasteiger partial charge on any atom is 0.335 e. The van der Waals surface area contributed by atoms with Crippen LogP contribution in [0.4, 0.5) is 0 Å². The number of carboxylic acid groups (broad SMARTS) is 1. The van der Waals surface area contributed by atoms with Gasteiger partial charge in [0.25, 0.3) is 0 Å². The Balaban J connectivity index is 1.84. The average Bonchev–Trinajstić information content (AvgIpc) is 3.08. The van der Waals surface area contributed by atoms with Crippen LogP contribution in [0.1, 0.15) is 21.7 Å². The molecule has 0 spiro atoms. The zero-order chi connectivity index (χ0) is 20.9. The van der Waals surface area contributed by atoms with Crippen LogP contribution in [-0.4, -0.2) is 34.3 Å². The van der Waals surface area contributed by atoms with Gasteiger partial charge < -0.3 is 9.67 Å². The van der Waals surface area contributed by atoms with Gasteiger partial charge in [-0.15, -0.1) is 16.8 Å². The van der Waals surface area contributed by atoms with Crippen molar-refractivity contribution in [3.05, 3.63) is 84.2 Å². The Labute approximate surface area is 173 Å². The fraction of sp³-hybridized carbons (Fsp3) is 0.150. The second-order valence-electron chi connectivity index (χ2n) is 6.12. The normalized spacial score (nSPS) is 11.3. The van der Waals surface area contributed by atoms with E-state index in [4.69, 9.17) is 0 Å². The van der Waals surface area contributed by atoms with Gasteiger partial charge in [-0.3, -0.25) is 0 Å². The number of allylic oxidation sites excluding steroid dienone is 1. The lowest BCUT2D eigenvalue weighted by Crippen LogP contribution is -2.11. The van der Waals surface area contributed by atoms with Crippen LogP contribution < -0.4 is 0 Å². The molecule has 0 bridgehead atoms. The molecule has 0 amide bonds. The maximum atomic E-state index is 12.7. The number of aromatic nitrogens is 3. The Bertz CT molecular complexity index is 1130. The molecular weight excluding hydrogens is 410 g/mol. The molecular formula is C20H19N3O4S2. The quantitative estimate of drug-likeness (QED) is 0.411. The second-order valence-corrected chi connectivity index (χ2v) is 9.05. The van der Waals surface area contributed by atoms with Crippen LogP contribution >= 0.6 is 11.8 Å². The lowest BCUT2D eigenvalue weighted by molar-refractivity contribution is 0.0696. The molecule has 150 valence electrons. The number of rotatable bonds is 9. The third-order valence-electron chi connectivity index (χ3n) is 4.13. The van der Waals surface area contributed by atoms with Crippen molar-refractivity contribution in [2.45, 2.75) is 28.1 Å². The van der Waals surface area contributed by atoms with Gasteiger partial charge in [0.15, 0.2) is 15.0 Å². The largest absolute Gasteiger partial charge is 0.478 e. The number of thioether (sulfide) groups is 1. The fourth-order valence-corrected chi connectivity index (χ4v) is 4.99. The van der Waals surface area contributed by atoms with Crippen molar-refractivity contribution in [1.82, 2.24) is 14.8 Å². The molecule has 29 heavy (non-hydrogen) atoms. The van der Waals surface area contributed by atoms with Crippen molar-refractivity contribution in [1.29, 1.82) is 0 Å². The smallest absolute Gasteiger partial charge is 0.335 e. The molecule has 0 aliphatic heterocycles. The van der Waals surface area contributed by atoms with Gasteiger partial charge in [0.05, 0.1) is 10.5 Å². The summed E-state index contributed by atoms with van der Waals surface area (Å²) >= 11 is 1.30. The van der Waals surface area contributed by atoms with Gasteiger partial charge in [0.1, 0.15) is 11.6 Å². The molecule has 1 heterocycles. The molecule has 0 atom stereocenters. The van der Waals surface area contributed by atoms with Crippen LogP contribution in [0.2, 0.25) is 0 Å². The van der Waals surface area contributed by atoms with E-state index in [2.05, 4.69) is 16.8 Å². The molecule has 1 aromatic heterocycles. The second kappa shape index (κ2) is 9.06. The standard InChI is InChI=1S/C20H19N3O4S2/c1-2-12-23-18(14-29(26,27)16-9-4-3-5-10-16)21-22-20(23)28-13-15-8-6-7-11-17(15)19(24)25/h2-11H,1,12-14H2,(H,24,25). The SMILES string of the molecule is C=CCn1c(CS(=O)(=O)c2ccccc2)nnc1SCc1ccccc1C(=O)O. The molecule has 0 fully saturated rings. The first-order valence-corrected chi connectivity index (χ1v) is 11.3. The van der Waals surface area contributed by atoms with E-state index in [-0.39, 0.29) is 16.2 Å². The van der Waals surface area contributed by atoms with Crippen molar-refractivity contribution < 1.29 is 18.3 Å². The summed E-state index contributed by atoms with van der Waals surface area (Å²) in [4.78, 5) is 11.6. The van der Waals surface area contributed by atoms with Gasteiger partial charge in [-0.1, -0.05) is 54.2 Å². The van der Waals surface area contributed by atoms with E-state index in [1.54, 1.807) is 65.2 Å². The van der Waals surface area contributed by atoms with Crippen molar-refractivity contribution in [3.63, 3.8) is 0 Å². The van der Waals surface area contributed by atoms with Gasteiger partial charge >= 0.3 is 5.97 Å². The van der Waals surface area contributed by atoms with Crippen molar-refractivity contribution in [2.75, 3.05) is 0 Å². The Morgan fingerprint density at radius 2 is 1.79 bits per heavy atom. The van der Waals surface area contributed by atoms with Crippen LogP contribution in [0.5, 0.6) is 0 Å². The van der Waals surface area contributed by atoms with Crippen LogP contribution in [-0.2, 0) is 27.9 Å². The Morgan fingerprint density at radius 1 is 1.10 bits per heavy atom.